The molecule has 2 aromatic rings. The van der Waals surface area contributed by atoms with Gasteiger partial charge in [-0.15, -0.1) is 0 Å². The highest BCUT2D eigenvalue weighted by atomic mass is 16.2. The number of likely N-dealkylation sites (tertiary alicyclic amines) is 1. The van der Waals surface area contributed by atoms with Crippen LogP contribution in [0.15, 0.2) is 35.1 Å². The number of carbonyl (C=O) groups is 1. The van der Waals surface area contributed by atoms with Crippen LogP contribution in [0.2, 0.25) is 0 Å². The lowest BCUT2D eigenvalue weighted by molar-refractivity contribution is 0.182. The summed E-state index contributed by atoms with van der Waals surface area (Å²) >= 11 is 0. The minimum atomic E-state index is -0.152. The quantitative estimate of drug-likeness (QED) is 0.882. The number of hydrogen-bond donors (Lipinski definition) is 1. The van der Waals surface area contributed by atoms with Crippen LogP contribution in [-0.4, -0.2) is 37.9 Å². The first-order chi connectivity index (χ1) is 13.6. The summed E-state index contributed by atoms with van der Waals surface area (Å²) < 4.78 is 3.10. The van der Waals surface area contributed by atoms with E-state index in [0.29, 0.717) is 18.9 Å². The molecule has 1 atom stereocenters. The van der Waals surface area contributed by atoms with E-state index in [-0.39, 0.29) is 23.8 Å². The number of hydrogen-bond acceptors (Lipinski definition) is 3. The standard InChI is InChI=1S/C21H29N5O2/c1-24-21(28)26(15-16-9-4-2-5-10-16)19(23-24)18-13-8-14-25(18)20(27)22-17-11-6-3-7-12-17/h2,4-5,9-10,17-18H,3,6-8,11-15H2,1H3,(H,22,27). The summed E-state index contributed by atoms with van der Waals surface area (Å²) in [4.78, 5) is 27.5. The van der Waals surface area contributed by atoms with E-state index < -0.39 is 0 Å². The monoisotopic (exact) mass is 383 g/mol. The minimum Gasteiger partial charge on any atom is -0.335 e. The zero-order valence-corrected chi connectivity index (χ0v) is 16.5. The van der Waals surface area contributed by atoms with Crippen molar-refractivity contribution in [3.05, 3.63) is 52.2 Å². The number of nitrogens with zero attached hydrogens (tertiary/aromatic N) is 4. The van der Waals surface area contributed by atoms with Crippen LogP contribution in [0.4, 0.5) is 4.79 Å². The molecule has 1 saturated heterocycles. The first kappa shape index (κ1) is 18.8. The van der Waals surface area contributed by atoms with Crippen LogP contribution in [-0.2, 0) is 13.6 Å². The lowest BCUT2D eigenvalue weighted by atomic mass is 9.96. The van der Waals surface area contributed by atoms with Gasteiger partial charge in [0, 0.05) is 19.6 Å². The van der Waals surface area contributed by atoms with Gasteiger partial charge in [-0.1, -0.05) is 49.6 Å². The Kier molecular flexibility index (Phi) is 5.50. The molecule has 0 radical (unpaired) electrons. The number of amides is 2. The van der Waals surface area contributed by atoms with Crippen LogP contribution in [0.3, 0.4) is 0 Å². The molecule has 0 spiro atoms. The van der Waals surface area contributed by atoms with Crippen LogP contribution in [0.1, 0.15) is 62.4 Å². The number of nitrogens with one attached hydrogen (secondary N) is 1. The van der Waals surface area contributed by atoms with E-state index in [1.807, 2.05) is 35.2 Å². The molecule has 0 bridgehead atoms. The maximum atomic E-state index is 13.0. The topological polar surface area (TPSA) is 72.2 Å². The SMILES string of the molecule is Cn1nc(C2CCCN2C(=O)NC2CCCCC2)n(Cc2ccccc2)c1=O. The molecular weight excluding hydrogens is 354 g/mol. The highest BCUT2D eigenvalue weighted by molar-refractivity contribution is 5.75. The van der Waals surface area contributed by atoms with Gasteiger partial charge in [0.1, 0.15) is 0 Å². The highest BCUT2D eigenvalue weighted by Gasteiger charge is 2.35. The lowest BCUT2D eigenvalue weighted by Crippen LogP contribution is -2.45. The second kappa shape index (κ2) is 8.20. The fourth-order valence-electron chi connectivity index (χ4n) is 4.47. The van der Waals surface area contributed by atoms with Crippen molar-refractivity contribution in [3.63, 3.8) is 0 Å². The molecule has 28 heavy (non-hydrogen) atoms. The maximum absolute atomic E-state index is 13.0. The van der Waals surface area contributed by atoms with Gasteiger partial charge in [0.05, 0.1) is 12.6 Å². The smallest absolute Gasteiger partial charge is 0.335 e. The molecule has 150 valence electrons. The van der Waals surface area contributed by atoms with Gasteiger partial charge in [-0.05, 0) is 31.2 Å². The predicted octanol–water partition coefficient (Wildman–Crippen LogP) is 2.81. The second-order valence-electron chi connectivity index (χ2n) is 7.97. The van der Waals surface area contributed by atoms with Gasteiger partial charge < -0.3 is 10.2 Å². The molecule has 1 aliphatic carbocycles. The van der Waals surface area contributed by atoms with E-state index in [1.165, 1.54) is 23.9 Å². The molecule has 1 aromatic heterocycles. The predicted molar refractivity (Wildman–Crippen MR) is 107 cm³/mol. The highest BCUT2D eigenvalue weighted by Crippen LogP contribution is 2.31. The lowest BCUT2D eigenvalue weighted by Gasteiger charge is -2.29. The van der Waals surface area contributed by atoms with E-state index in [1.54, 1.807) is 11.6 Å². The number of urea groups is 1. The van der Waals surface area contributed by atoms with Crippen molar-refractivity contribution in [2.45, 2.75) is 63.6 Å². The first-order valence-corrected chi connectivity index (χ1v) is 10.4. The molecule has 7 heteroatoms. The molecule has 4 rings (SSSR count). The van der Waals surface area contributed by atoms with Crippen molar-refractivity contribution in [1.29, 1.82) is 0 Å². The van der Waals surface area contributed by atoms with Crippen molar-refractivity contribution in [1.82, 2.24) is 24.6 Å². The molecule has 7 nitrogen and oxygen atoms in total. The molecule has 1 aromatic carbocycles. The third-order valence-corrected chi connectivity index (χ3v) is 5.96. The molecule has 1 saturated carbocycles. The molecule has 1 N–H and O–H groups in total. The van der Waals surface area contributed by atoms with Gasteiger partial charge in [-0.2, -0.15) is 5.10 Å². The van der Waals surface area contributed by atoms with Gasteiger partial charge in [-0.3, -0.25) is 4.57 Å². The maximum Gasteiger partial charge on any atom is 0.346 e. The Labute approximate surface area is 165 Å². The summed E-state index contributed by atoms with van der Waals surface area (Å²) in [5, 5.41) is 7.73. The summed E-state index contributed by atoms with van der Waals surface area (Å²) in [6, 6.07) is 10.0. The molecule has 2 aliphatic rings. The van der Waals surface area contributed by atoms with Gasteiger partial charge in [0.25, 0.3) is 0 Å². The number of aromatic nitrogens is 3. The van der Waals surface area contributed by atoms with Crippen molar-refractivity contribution >= 4 is 6.03 Å². The molecule has 2 fully saturated rings. The van der Waals surface area contributed by atoms with Crippen LogP contribution in [0.5, 0.6) is 0 Å². The zero-order chi connectivity index (χ0) is 19.5. The second-order valence-corrected chi connectivity index (χ2v) is 7.97. The molecular formula is C21H29N5O2. The van der Waals surface area contributed by atoms with Crippen LogP contribution in [0, 0.1) is 0 Å². The van der Waals surface area contributed by atoms with E-state index in [0.717, 1.165) is 31.2 Å². The minimum absolute atomic E-state index is 0.0150. The molecule has 2 heterocycles. The third kappa shape index (κ3) is 3.84. The van der Waals surface area contributed by atoms with Crippen LogP contribution in [0.25, 0.3) is 0 Å². The average Bonchev–Trinajstić information content (AvgIpc) is 3.30. The van der Waals surface area contributed by atoms with Crippen LogP contribution >= 0.6 is 0 Å². The Hall–Kier alpha value is -2.57. The van der Waals surface area contributed by atoms with Gasteiger partial charge >= 0.3 is 11.7 Å². The van der Waals surface area contributed by atoms with Crippen molar-refractivity contribution in [2.24, 2.45) is 7.05 Å². The number of aryl methyl sites for hydroxylation is 1. The van der Waals surface area contributed by atoms with E-state index in [2.05, 4.69) is 10.4 Å². The average molecular weight is 383 g/mol. The summed E-state index contributed by atoms with van der Waals surface area (Å²) in [7, 11) is 1.68. The fraction of sp³-hybridized carbons (Fsp3) is 0.571. The van der Waals surface area contributed by atoms with E-state index in [9.17, 15) is 9.59 Å². The normalized spacial score (nSPS) is 20.5. The van der Waals surface area contributed by atoms with Gasteiger partial charge in [0.2, 0.25) is 0 Å². The number of carbonyl (C=O) groups excluding carboxylic acids is 1. The Morgan fingerprint density at radius 1 is 1.11 bits per heavy atom. The van der Waals surface area contributed by atoms with Gasteiger partial charge in [0.15, 0.2) is 5.82 Å². The Balaban J connectivity index is 1.56. The van der Waals surface area contributed by atoms with Gasteiger partial charge in [-0.25, -0.2) is 14.3 Å². The third-order valence-electron chi connectivity index (χ3n) is 5.96. The Morgan fingerprint density at radius 2 is 1.86 bits per heavy atom. The molecule has 1 unspecified atom stereocenters. The van der Waals surface area contributed by atoms with Crippen LogP contribution < -0.4 is 11.0 Å². The Morgan fingerprint density at radius 3 is 2.61 bits per heavy atom. The summed E-state index contributed by atoms with van der Waals surface area (Å²) in [5.74, 6) is 0.688. The summed E-state index contributed by atoms with van der Waals surface area (Å²) in [6.07, 6.45) is 7.52. The number of rotatable bonds is 4. The van der Waals surface area contributed by atoms with Crippen molar-refractivity contribution < 1.29 is 4.79 Å². The first-order valence-electron chi connectivity index (χ1n) is 10.4. The molecule has 1 aliphatic heterocycles. The van der Waals surface area contributed by atoms with E-state index in [4.69, 9.17) is 0 Å². The van der Waals surface area contributed by atoms with E-state index >= 15 is 0 Å². The number of benzene rings is 1. The fourth-order valence-corrected chi connectivity index (χ4v) is 4.47. The largest absolute Gasteiger partial charge is 0.346 e. The summed E-state index contributed by atoms with van der Waals surface area (Å²) in [6.45, 7) is 1.18. The molecule has 2 amide bonds. The summed E-state index contributed by atoms with van der Waals surface area (Å²) in [5.41, 5.74) is 0.911. The van der Waals surface area contributed by atoms with Crippen molar-refractivity contribution in [2.75, 3.05) is 6.54 Å². The van der Waals surface area contributed by atoms with Crippen molar-refractivity contribution in [3.8, 4) is 0 Å². The Bertz CT molecular complexity index is 867. The zero-order valence-electron chi connectivity index (χ0n) is 16.5.